The van der Waals surface area contributed by atoms with Gasteiger partial charge in [0.15, 0.2) is 11.5 Å². The van der Waals surface area contributed by atoms with Gasteiger partial charge in [0.25, 0.3) is 0 Å². The lowest BCUT2D eigenvalue weighted by molar-refractivity contribution is 0.718. The Labute approximate surface area is 178 Å². The topological polar surface area (TPSA) is 73.8 Å². The van der Waals surface area contributed by atoms with Gasteiger partial charge < -0.3 is 0 Å². The summed E-state index contributed by atoms with van der Waals surface area (Å²) < 4.78 is 3.51. The summed E-state index contributed by atoms with van der Waals surface area (Å²) in [6.07, 6.45) is 10.9. The lowest BCUT2D eigenvalue weighted by atomic mass is 9.97. The number of benzene rings is 1. The molecular weight excluding hydrogens is 386 g/mol. The Morgan fingerprint density at radius 3 is 2.84 bits per heavy atom. The van der Waals surface area contributed by atoms with Gasteiger partial charge in [-0.1, -0.05) is 30.3 Å². The monoisotopic (exact) mass is 403 g/mol. The van der Waals surface area contributed by atoms with E-state index in [0.717, 1.165) is 24.2 Å². The molecule has 4 heterocycles. The fourth-order valence-electron chi connectivity index (χ4n) is 4.04. The van der Waals surface area contributed by atoms with Crippen molar-refractivity contribution in [2.24, 2.45) is 0 Å². The summed E-state index contributed by atoms with van der Waals surface area (Å²) in [6, 6.07) is 14.3. The van der Waals surface area contributed by atoms with E-state index in [-0.39, 0.29) is 0 Å². The van der Waals surface area contributed by atoms with Crippen molar-refractivity contribution in [2.75, 3.05) is 0 Å². The van der Waals surface area contributed by atoms with Crippen molar-refractivity contribution >= 4 is 5.65 Å². The van der Waals surface area contributed by atoms with Gasteiger partial charge in [0, 0.05) is 18.3 Å². The Kier molecular flexibility index (Phi) is 4.06. The molecule has 0 spiro atoms. The summed E-state index contributed by atoms with van der Waals surface area (Å²) in [6.45, 7) is 0. The molecule has 1 aliphatic carbocycles. The van der Waals surface area contributed by atoms with Crippen LogP contribution in [0.4, 0.5) is 0 Å². The molecule has 0 saturated heterocycles. The van der Waals surface area contributed by atoms with Crippen LogP contribution in [0.1, 0.15) is 40.5 Å². The number of rotatable bonds is 2. The van der Waals surface area contributed by atoms with Crippen molar-refractivity contribution in [1.29, 1.82) is 0 Å². The molecular formula is C24H17N7. The molecule has 1 atom stereocenters. The van der Waals surface area contributed by atoms with Crippen LogP contribution in [-0.2, 0) is 6.42 Å². The minimum atomic E-state index is 0.330. The zero-order valence-corrected chi connectivity index (χ0v) is 16.6. The molecule has 5 aromatic rings. The number of hydrogen-bond donors (Lipinski definition) is 0. The zero-order valence-electron chi connectivity index (χ0n) is 16.6. The summed E-state index contributed by atoms with van der Waals surface area (Å²) in [4.78, 5) is 13.3. The first-order valence-electron chi connectivity index (χ1n) is 10.1. The highest BCUT2D eigenvalue weighted by molar-refractivity contribution is 5.45. The maximum absolute atomic E-state index is 4.85. The van der Waals surface area contributed by atoms with E-state index in [9.17, 15) is 0 Å². The molecule has 0 aliphatic heterocycles. The van der Waals surface area contributed by atoms with E-state index in [1.165, 1.54) is 11.1 Å². The fourth-order valence-corrected chi connectivity index (χ4v) is 4.04. The summed E-state index contributed by atoms with van der Waals surface area (Å²) in [5.74, 6) is 7.14. The highest BCUT2D eigenvalue weighted by atomic mass is 15.3. The van der Waals surface area contributed by atoms with Crippen molar-refractivity contribution < 1.29 is 0 Å². The van der Waals surface area contributed by atoms with Gasteiger partial charge in [-0.2, -0.15) is 10.2 Å². The number of nitrogens with zero attached hydrogens (tertiary/aromatic N) is 7. The lowest BCUT2D eigenvalue weighted by Crippen LogP contribution is -2.04. The van der Waals surface area contributed by atoms with Crippen LogP contribution in [0.5, 0.6) is 0 Å². The van der Waals surface area contributed by atoms with Gasteiger partial charge in [-0.25, -0.2) is 19.2 Å². The second-order valence-corrected chi connectivity index (χ2v) is 7.44. The average molecular weight is 403 g/mol. The molecule has 31 heavy (non-hydrogen) atoms. The Morgan fingerprint density at radius 2 is 1.90 bits per heavy atom. The van der Waals surface area contributed by atoms with Gasteiger partial charge in [-0.15, -0.1) is 0 Å². The van der Waals surface area contributed by atoms with Crippen LogP contribution < -0.4 is 0 Å². The van der Waals surface area contributed by atoms with Crippen LogP contribution in [0, 0.1) is 11.8 Å². The van der Waals surface area contributed by atoms with Gasteiger partial charge in [-0.3, -0.25) is 4.98 Å². The second-order valence-electron chi connectivity index (χ2n) is 7.44. The number of fused-ring (bicyclic) bond motifs is 2. The molecule has 0 saturated carbocycles. The van der Waals surface area contributed by atoms with Crippen molar-refractivity contribution in [3.8, 4) is 17.7 Å². The number of aryl methyl sites for hydroxylation is 1. The molecule has 0 N–H and O–H groups in total. The predicted molar refractivity (Wildman–Crippen MR) is 115 cm³/mol. The molecule has 0 fully saturated rings. The Balaban J connectivity index is 1.32. The number of imidazole rings is 1. The van der Waals surface area contributed by atoms with Crippen LogP contribution in [0.15, 0.2) is 73.4 Å². The molecule has 0 radical (unpaired) electrons. The smallest absolute Gasteiger partial charge is 0.173 e. The van der Waals surface area contributed by atoms with E-state index < -0.39 is 0 Å². The summed E-state index contributed by atoms with van der Waals surface area (Å²) in [5, 5.41) is 9.13. The third kappa shape index (κ3) is 3.15. The van der Waals surface area contributed by atoms with Gasteiger partial charge in [0.05, 0.1) is 24.3 Å². The molecule has 0 bridgehead atoms. The largest absolute Gasteiger partial charge is 0.258 e. The molecule has 0 amide bonds. The van der Waals surface area contributed by atoms with Crippen LogP contribution in [0.3, 0.4) is 0 Å². The van der Waals surface area contributed by atoms with E-state index in [2.05, 4.69) is 62.4 Å². The molecule has 7 nitrogen and oxygen atoms in total. The lowest BCUT2D eigenvalue weighted by Gasteiger charge is -2.09. The molecule has 4 aromatic heterocycles. The van der Waals surface area contributed by atoms with Gasteiger partial charge >= 0.3 is 0 Å². The van der Waals surface area contributed by atoms with Crippen LogP contribution in [0.2, 0.25) is 0 Å². The van der Waals surface area contributed by atoms with Crippen molar-refractivity contribution in [2.45, 2.75) is 18.8 Å². The van der Waals surface area contributed by atoms with Crippen LogP contribution >= 0.6 is 0 Å². The first kappa shape index (κ1) is 17.5. The minimum absolute atomic E-state index is 0.330. The maximum Gasteiger partial charge on any atom is 0.173 e. The number of aromatic nitrogens is 7. The Hall–Kier alpha value is -4.31. The molecule has 1 aliphatic rings. The SMILES string of the molecule is C(#Cc1cnc2cccnn12)c1cncc(-n2cc3c(n2)C(c2ccccc2)CC3)n1. The van der Waals surface area contributed by atoms with Gasteiger partial charge in [0.2, 0.25) is 0 Å². The molecule has 6 rings (SSSR count). The van der Waals surface area contributed by atoms with E-state index in [1.54, 1.807) is 29.3 Å². The van der Waals surface area contributed by atoms with E-state index in [0.29, 0.717) is 23.1 Å². The summed E-state index contributed by atoms with van der Waals surface area (Å²) >= 11 is 0. The quantitative estimate of drug-likeness (QED) is 0.423. The van der Waals surface area contributed by atoms with Crippen LogP contribution in [-0.4, -0.2) is 34.3 Å². The normalized spacial score (nSPS) is 14.9. The van der Waals surface area contributed by atoms with Gasteiger partial charge in [-0.05, 0) is 47.9 Å². The van der Waals surface area contributed by atoms with E-state index >= 15 is 0 Å². The third-order valence-electron chi connectivity index (χ3n) is 5.51. The molecule has 1 unspecified atom stereocenters. The second kappa shape index (κ2) is 7.18. The molecule has 7 heteroatoms. The van der Waals surface area contributed by atoms with E-state index in [1.807, 2.05) is 22.9 Å². The van der Waals surface area contributed by atoms with Crippen molar-refractivity contribution in [3.05, 3.63) is 102 Å². The van der Waals surface area contributed by atoms with E-state index in [4.69, 9.17) is 5.10 Å². The Bertz CT molecular complexity index is 1450. The zero-order chi connectivity index (χ0) is 20.6. The minimum Gasteiger partial charge on any atom is -0.258 e. The Morgan fingerprint density at radius 1 is 0.968 bits per heavy atom. The first-order valence-corrected chi connectivity index (χ1v) is 10.1. The fraction of sp³-hybridized carbons (Fsp3) is 0.125. The first-order chi connectivity index (χ1) is 15.3. The highest BCUT2D eigenvalue weighted by Crippen LogP contribution is 2.37. The maximum atomic E-state index is 4.85. The third-order valence-corrected chi connectivity index (χ3v) is 5.51. The summed E-state index contributed by atoms with van der Waals surface area (Å²) in [7, 11) is 0. The highest BCUT2D eigenvalue weighted by Gasteiger charge is 2.27. The average Bonchev–Trinajstić information content (AvgIpc) is 3.53. The molecule has 1 aromatic carbocycles. The standard InChI is InChI=1S/C24H17N7/c1-2-5-17(6-3-1)21-11-8-18-16-30(29-24(18)21)23-15-25-13-19(28-23)9-10-20-14-26-22-7-4-12-27-31(20)22/h1-7,12-16,21H,8,11H2. The number of hydrogen-bond acceptors (Lipinski definition) is 5. The predicted octanol–water partition coefficient (Wildman–Crippen LogP) is 3.18. The van der Waals surface area contributed by atoms with Crippen molar-refractivity contribution in [3.63, 3.8) is 0 Å². The summed E-state index contributed by atoms with van der Waals surface area (Å²) in [5.41, 5.74) is 5.72. The van der Waals surface area contributed by atoms with Gasteiger partial charge in [0.1, 0.15) is 11.4 Å². The molecule has 148 valence electrons. The van der Waals surface area contributed by atoms with Crippen LogP contribution in [0.25, 0.3) is 11.5 Å². The van der Waals surface area contributed by atoms with Crippen molar-refractivity contribution in [1.82, 2.24) is 34.3 Å².